The molecular weight excluding hydrogens is 246 g/mol. The van der Waals surface area contributed by atoms with Crippen LogP contribution in [0.25, 0.3) is 0 Å². The molecule has 0 aromatic heterocycles. The molecule has 100 valence electrons. The summed E-state index contributed by atoms with van der Waals surface area (Å²) in [5.74, 6) is 0. The Morgan fingerprint density at radius 1 is 1.22 bits per heavy atom. The first-order valence-electron chi connectivity index (χ1n) is 6.58. The second-order valence-corrected chi connectivity index (χ2v) is 7.50. The smallest absolute Gasteiger partial charge is 0.181 e. The van der Waals surface area contributed by atoms with Crippen LogP contribution in [0.2, 0.25) is 0 Å². The zero-order chi connectivity index (χ0) is 13.2. The van der Waals surface area contributed by atoms with E-state index in [9.17, 15) is 8.42 Å². The summed E-state index contributed by atoms with van der Waals surface area (Å²) < 4.78 is 24.7. The van der Waals surface area contributed by atoms with E-state index >= 15 is 0 Å². The van der Waals surface area contributed by atoms with Gasteiger partial charge in [-0.3, -0.25) is 0 Å². The number of nitrogens with two attached hydrogens (primary N) is 1. The molecule has 0 amide bonds. The average molecular weight is 267 g/mol. The summed E-state index contributed by atoms with van der Waals surface area (Å²) in [5, 5.41) is -0.170. The van der Waals surface area contributed by atoms with E-state index in [0.717, 1.165) is 37.7 Å². The van der Waals surface area contributed by atoms with E-state index in [1.54, 1.807) is 12.1 Å². The van der Waals surface area contributed by atoms with Crippen molar-refractivity contribution >= 4 is 9.84 Å². The van der Waals surface area contributed by atoms with Gasteiger partial charge in [0.1, 0.15) is 0 Å². The second-order valence-electron chi connectivity index (χ2n) is 5.28. The zero-order valence-corrected chi connectivity index (χ0v) is 11.6. The molecule has 1 atom stereocenters. The third-order valence-corrected chi connectivity index (χ3v) is 5.83. The Bertz CT molecular complexity index is 485. The Morgan fingerprint density at radius 3 is 2.28 bits per heavy atom. The molecule has 0 spiro atoms. The molecule has 1 unspecified atom stereocenters. The quantitative estimate of drug-likeness (QED) is 0.910. The summed E-state index contributed by atoms with van der Waals surface area (Å²) in [6.07, 6.45) is 4.47. The molecule has 1 aliphatic rings. The molecule has 0 saturated heterocycles. The molecule has 2 N–H and O–H groups in total. The first-order valence-corrected chi connectivity index (χ1v) is 8.13. The molecule has 0 bridgehead atoms. The van der Waals surface area contributed by atoms with Gasteiger partial charge in [0.15, 0.2) is 9.84 Å². The highest BCUT2D eigenvalue weighted by molar-refractivity contribution is 7.92. The SMILES string of the molecule is CC(N)Cc1ccc(S(=O)(=O)C2CCCC2)cc1. The maximum absolute atomic E-state index is 12.3. The largest absolute Gasteiger partial charge is 0.328 e. The topological polar surface area (TPSA) is 60.2 Å². The normalized spacial score (nSPS) is 19.0. The van der Waals surface area contributed by atoms with E-state index in [0.29, 0.717) is 4.90 Å². The number of hydrogen-bond acceptors (Lipinski definition) is 3. The fourth-order valence-corrected chi connectivity index (χ4v) is 4.43. The van der Waals surface area contributed by atoms with Gasteiger partial charge in [0.05, 0.1) is 10.1 Å². The summed E-state index contributed by atoms with van der Waals surface area (Å²) in [6, 6.07) is 7.31. The molecule has 3 nitrogen and oxygen atoms in total. The van der Waals surface area contributed by atoms with Gasteiger partial charge in [0.25, 0.3) is 0 Å². The minimum Gasteiger partial charge on any atom is -0.328 e. The van der Waals surface area contributed by atoms with Gasteiger partial charge in [-0.1, -0.05) is 25.0 Å². The molecule has 18 heavy (non-hydrogen) atoms. The molecule has 1 fully saturated rings. The number of rotatable bonds is 4. The van der Waals surface area contributed by atoms with Crippen LogP contribution in [0.4, 0.5) is 0 Å². The van der Waals surface area contributed by atoms with Crippen molar-refractivity contribution in [1.82, 2.24) is 0 Å². The molecule has 1 aliphatic carbocycles. The van der Waals surface area contributed by atoms with Gasteiger partial charge in [-0.05, 0) is 43.9 Å². The number of sulfone groups is 1. The lowest BCUT2D eigenvalue weighted by Crippen LogP contribution is -2.19. The van der Waals surface area contributed by atoms with Gasteiger partial charge in [0.2, 0.25) is 0 Å². The van der Waals surface area contributed by atoms with Crippen molar-refractivity contribution in [3.63, 3.8) is 0 Å². The monoisotopic (exact) mass is 267 g/mol. The zero-order valence-electron chi connectivity index (χ0n) is 10.8. The highest BCUT2D eigenvalue weighted by Gasteiger charge is 2.29. The van der Waals surface area contributed by atoms with Crippen LogP contribution in [0.1, 0.15) is 38.2 Å². The van der Waals surface area contributed by atoms with Crippen LogP contribution in [-0.2, 0) is 16.3 Å². The summed E-state index contributed by atoms with van der Waals surface area (Å²) in [7, 11) is -3.12. The van der Waals surface area contributed by atoms with Crippen LogP contribution >= 0.6 is 0 Å². The summed E-state index contributed by atoms with van der Waals surface area (Å²) in [5.41, 5.74) is 6.82. The van der Waals surface area contributed by atoms with Crippen molar-refractivity contribution in [2.24, 2.45) is 5.73 Å². The molecule has 0 radical (unpaired) electrons. The Hall–Kier alpha value is -0.870. The Morgan fingerprint density at radius 2 is 1.78 bits per heavy atom. The van der Waals surface area contributed by atoms with Crippen LogP contribution in [0.5, 0.6) is 0 Å². The third-order valence-electron chi connectivity index (χ3n) is 3.55. The highest BCUT2D eigenvalue weighted by atomic mass is 32.2. The molecule has 0 heterocycles. The number of benzene rings is 1. The van der Waals surface area contributed by atoms with Crippen LogP contribution in [0.15, 0.2) is 29.2 Å². The predicted octanol–water partition coefficient (Wildman–Crippen LogP) is 2.29. The second kappa shape index (κ2) is 5.41. The fourth-order valence-electron chi connectivity index (χ4n) is 2.58. The minimum atomic E-state index is -3.12. The van der Waals surface area contributed by atoms with Crippen LogP contribution in [0.3, 0.4) is 0 Å². The number of hydrogen-bond donors (Lipinski definition) is 1. The van der Waals surface area contributed by atoms with Gasteiger partial charge in [-0.25, -0.2) is 8.42 Å². The molecule has 1 aromatic carbocycles. The van der Waals surface area contributed by atoms with Gasteiger partial charge in [0, 0.05) is 6.04 Å². The van der Waals surface area contributed by atoms with E-state index in [2.05, 4.69) is 0 Å². The fraction of sp³-hybridized carbons (Fsp3) is 0.571. The maximum Gasteiger partial charge on any atom is 0.181 e. The lowest BCUT2D eigenvalue weighted by atomic mass is 10.1. The summed E-state index contributed by atoms with van der Waals surface area (Å²) >= 11 is 0. The summed E-state index contributed by atoms with van der Waals surface area (Å²) in [4.78, 5) is 0.461. The standard InChI is InChI=1S/C14H21NO2S/c1-11(15)10-12-6-8-14(9-7-12)18(16,17)13-4-2-3-5-13/h6-9,11,13H,2-5,10,15H2,1H3. The van der Waals surface area contributed by atoms with E-state index < -0.39 is 9.84 Å². The highest BCUT2D eigenvalue weighted by Crippen LogP contribution is 2.29. The van der Waals surface area contributed by atoms with Crippen molar-refractivity contribution in [1.29, 1.82) is 0 Å². The van der Waals surface area contributed by atoms with Crippen molar-refractivity contribution in [2.75, 3.05) is 0 Å². The molecule has 4 heteroatoms. The summed E-state index contributed by atoms with van der Waals surface area (Å²) in [6.45, 7) is 1.95. The van der Waals surface area contributed by atoms with Gasteiger partial charge in [-0.15, -0.1) is 0 Å². The first-order chi connectivity index (χ1) is 8.50. The van der Waals surface area contributed by atoms with Gasteiger partial charge < -0.3 is 5.73 Å². The van der Waals surface area contributed by atoms with E-state index in [1.807, 2.05) is 19.1 Å². The van der Waals surface area contributed by atoms with E-state index in [4.69, 9.17) is 5.73 Å². The maximum atomic E-state index is 12.3. The lowest BCUT2D eigenvalue weighted by Gasteiger charge is -2.12. The van der Waals surface area contributed by atoms with Crippen LogP contribution in [0, 0.1) is 0 Å². The van der Waals surface area contributed by atoms with Gasteiger partial charge >= 0.3 is 0 Å². The Kier molecular flexibility index (Phi) is 4.07. The Labute approximate surface area is 109 Å². The van der Waals surface area contributed by atoms with Crippen LogP contribution in [-0.4, -0.2) is 19.7 Å². The van der Waals surface area contributed by atoms with Crippen molar-refractivity contribution < 1.29 is 8.42 Å². The van der Waals surface area contributed by atoms with Gasteiger partial charge in [-0.2, -0.15) is 0 Å². The molecule has 1 aromatic rings. The molecular formula is C14H21NO2S. The van der Waals surface area contributed by atoms with Crippen molar-refractivity contribution in [3.05, 3.63) is 29.8 Å². The van der Waals surface area contributed by atoms with Crippen LogP contribution < -0.4 is 5.73 Å². The predicted molar refractivity (Wildman–Crippen MR) is 73.2 cm³/mol. The molecule has 0 aliphatic heterocycles. The van der Waals surface area contributed by atoms with E-state index in [1.165, 1.54) is 0 Å². The third kappa shape index (κ3) is 2.93. The molecule has 1 saturated carbocycles. The lowest BCUT2D eigenvalue weighted by molar-refractivity contribution is 0.579. The van der Waals surface area contributed by atoms with E-state index in [-0.39, 0.29) is 11.3 Å². The Balaban J connectivity index is 2.18. The van der Waals surface area contributed by atoms with Crippen molar-refractivity contribution in [3.8, 4) is 0 Å². The van der Waals surface area contributed by atoms with Crippen molar-refractivity contribution in [2.45, 2.75) is 55.2 Å². The molecule has 2 rings (SSSR count). The first kappa shape index (κ1) is 13.6. The minimum absolute atomic E-state index is 0.0993. The average Bonchev–Trinajstić information content (AvgIpc) is 2.83.